The molecule has 2 fully saturated rings. The first-order chi connectivity index (χ1) is 25.5. The predicted octanol–water partition coefficient (Wildman–Crippen LogP) is 3.12. The van der Waals surface area contributed by atoms with Crippen LogP contribution in [-0.4, -0.2) is 110 Å². The second-order valence-electron chi connectivity index (χ2n) is 13.0. The molecule has 2 aromatic carbocycles. The van der Waals surface area contributed by atoms with Gasteiger partial charge in [0.15, 0.2) is 0 Å². The van der Waals surface area contributed by atoms with Crippen molar-refractivity contribution in [3.8, 4) is 22.3 Å². The Labute approximate surface area is 320 Å². The molecule has 2 atom stereocenters. The van der Waals surface area contributed by atoms with Gasteiger partial charge in [-0.05, 0) is 0 Å². The molecule has 2 aromatic heterocycles. The number of benzene rings is 2. The molecule has 4 heterocycles. The Kier molecular flexibility index (Phi) is 12.4. The summed E-state index contributed by atoms with van der Waals surface area (Å²) in [6, 6.07) is 9.30. The molecule has 280 valence electrons. The minimum absolute atomic E-state index is 0.202. The van der Waals surface area contributed by atoms with Crippen molar-refractivity contribution in [3.05, 3.63) is 81.0 Å². The molecule has 6 rings (SSSR count). The first kappa shape index (κ1) is 38.7. The molecule has 0 spiro atoms. The molecule has 2 saturated heterocycles. The van der Waals surface area contributed by atoms with Crippen LogP contribution in [0.5, 0.6) is 0 Å². The number of hydrogen-bond acceptors (Lipinski definition) is 8. The van der Waals surface area contributed by atoms with E-state index in [4.69, 9.17) is 0 Å². The Morgan fingerprint density at radius 2 is 1.08 bits per heavy atom. The van der Waals surface area contributed by atoms with E-state index in [-0.39, 0.29) is 22.9 Å². The third-order valence-corrected chi connectivity index (χ3v) is 14.7. The fourth-order valence-corrected chi connectivity index (χ4v) is 13.5. The van der Waals surface area contributed by atoms with E-state index in [0.29, 0.717) is 65.7 Å². The standard InChI is InChI=1S/C38H40F2N4O6S2Se/c1-21-29(23-9-7-11-25(39)17-23)31(33(47)41-27(19-45)35(49)43-13-3-4-14-43)37(51-21)53-38-32(30(22(2)52-38)24-10-8-12-26(40)18-24)34(48)42-28(20-46)36(50)44-15-5-6-16-44/h7-12,17-18,27-28,45-46H,3-6,13-16,19-20H2,1-2H3,(H,41,47)(H,42,48). The van der Waals surface area contributed by atoms with E-state index in [1.807, 2.05) is 0 Å². The van der Waals surface area contributed by atoms with Gasteiger partial charge >= 0.3 is 322 Å². The number of halogens is 2. The number of carbonyl (C=O) groups is 4. The number of hydrogen-bond donors (Lipinski definition) is 4. The fraction of sp³-hybridized carbons (Fsp3) is 0.368. The molecule has 15 heteroatoms. The number of amides is 4. The van der Waals surface area contributed by atoms with Crippen LogP contribution in [0.4, 0.5) is 8.78 Å². The van der Waals surface area contributed by atoms with Crippen molar-refractivity contribution in [1.29, 1.82) is 0 Å². The predicted molar refractivity (Wildman–Crippen MR) is 202 cm³/mol. The molecule has 4 amide bonds. The number of aryl methyl sites for hydroxylation is 2. The van der Waals surface area contributed by atoms with Crippen LogP contribution < -0.4 is 18.2 Å². The monoisotopic (exact) mass is 830 g/mol. The number of aliphatic hydroxyl groups excluding tert-OH is 2. The Morgan fingerprint density at radius 3 is 1.42 bits per heavy atom. The molecule has 4 aromatic rings. The molecule has 10 nitrogen and oxygen atoms in total. The van der Waals surface area contributed by atoms with E-state index in [0.717, 1.165) is 25.7 Å². The van der Waals surface area contributed by atoms with E-state index < -0.39 is 63.7 Å². The van der Waals surface area contributed by atoms with Gasteiger partial charge in [-0.15, -0.1) is 0 Å². The normalized spacial score (nSPS) is 15.4. The van der Waals surface area contributed by atoms with Crippen molar-refractivity contribution in [1.82, 2.24) is 20.4 Å². The van der Waals surface area contributed by atoms with Gasteiger partial charge in [0.25, 0.3) is 0 Å². The van der Waals surface area contributed by atoms with Gasteiger partial charge in [0, 0.05) is 0 Å². The van der Waals surface area contributed by atoms with Gasteiger partial charge < -0.3 is 0 Å². The third kappa shape index (κ3) is 8.40. The molecule has 2 unspecified atom stereocenters. The fourth-order valence-electron chi connectivity index (χ4n) is 6.81. The van der Waals surface area contributed by atoms with Gasteiger partial charge in [-0.25, -0.2) is 0 Å². The van der Waals surface area contributed by atoms with Crippen molar-refractivity contribution in [2.45, 2.75) is 51.6 Å². The van der Waals surface area contributed by atoms with Gasteiger partial charge in [-0.2, -0.15) is 0 Å². The van der Waals surface area contributed by atoms with Crippen LogP contribution in [-0.2, 0) is 9.59 Å². The summed E-state index contributed by atoms with van der Waals surface area (Å²) in [6.45, 7) is 4.50. The Balaban J connectivity index is 1.44. The number of rotatable bonds is 12. The van der Waals surface area contributed by atoms with Gasteiger partial charge in [0.2, 0.25) is 0 Å². The molecule has 53 heavy (non-hydrogen) atoms. The zero-order valence-electron chi connectivity index (χ0n) is 29.2. The van der Waals surface area contributed by atoms with E-state index >= 15 is 0 Å². The summed E-state index contributed by atoms with van der Waals surface area (Å²) in [5, 5.41) is 25.9. The van der Waals surface area contributed by atoms with Crippen LogP contribution in [0.1, 0.15) is 56.2 Å². The maximum absolute atomic E-state index is 14.6. The Hall–Kier alpha value is -3.98. The second kappa shape index (κ2) is 17.0. The summed E-state index contributed by atoms with van der Waals surface area (Å²) in [5.41, 5.74) is 2.24. The molecular weight excluding hydrogens is 790 g/mol. The zero-order valence-corrected chi connectivity index (χ0v) is 32.6. The van der Waals surface area contributed by atoms with Crippen LogP contribution >= 0.6 is 22.7 Å². The molecule has 2 aliphatic rings. The molecular formula is C38H40F2N4O6S2Se. The number of thiophene rings is 2. The van der Waals surface area contributed by atoms with Crippen LogP contribution in [0, 0.1) is 25.5 Å². The average molecular weight is 830 g/mol. The number of nitrogens with one attached hydrogen (secondary N) is 2. The molecule has 0 aliphatic carbocycles. The number of carbonyl (C=O) groups excluding carboxylic acids is 4. The van der Waals surface area contributed by atoms with Crippen molar-refractivity contribution in [2.24, 2.45) is 0 Å². The zero-order chi connectivity index (χ0) is 37.8. The maximum atomic E-state index is 14.6. The summed E-state index contributed by atoms with van der Waals surface area (Å²) in [5.74, 6) is -3.04. The van der Waals surface area contributed by atoms with Gasteiger partial charge in [-0.3, -0.25) is 0 Å². The third-order valence-electron chi connectivity index (χ3n) is 9.38. The summed E-state index contributed by atoms with van der Waals surface area (Å²) in [7, 11) is 0. The van der Waals surface area contributed by atoms with E-state index in [1.54, 1.807) is 47.9 Å². The van der Waals surface area contributed by atoms with Crippen LogP contribution in [0.25, 0.3) is 22.3 Å². The first-order valence-electron chi connectivity index (χ1n) is 17.4. The number of aliphatic hydroxyl groups is 2. The quantitative estimate of drug-likeness (QED) is 0.162. The summed E-state index contributed by atoms with van der Waals surface area (Å²) < 4.78 is 30.3. The molecule has 4 N–H and O–H groups in total. The van der Waals surface area contributed by atoms with E-state index in [1.165, 1.54) is 46.9 Å². The topological polar surface area (TPSA) is 139 Å². The SMILES string of the molecule is Cc1sc([Se]c2sc(C)c(-c3cccc(F)c3)c2C(=O)NC(CO)C(=O)N2CCCC2)c(C(=O)NC(CO)C(=O)N2CCCC2)c1-c1cccc(F)c1. The van der Waals surface area contributed by atoms with E-state index in [2.05, 4.69) is 10.6 Å². The first-order valence-corrected chi connectivity index (χ1v) is 20.7. The molecule has 2 aliphatic heterocycles. The number of nitrogens with zero attached hydrogens (tertiary/aromatic N) is 2. The minimum atomic E-state index is -1.20. The van der Waals surface area contributed by atoms with E-state index in [9.17, 15) is 38.2 Å². The molecule has 0 saturated carbocycles. The average Bonchev–Trinajstić information content (AvgIpc) is 3.96. The van der Waals surface area contributed by atoms with Crippen molar-refractivity contribution in [2.75, 3.05) is 39.4 Å². The summed E-state index contributed by atoms with van der Waals surface area (Å²) in [6.07, 6.45) is 3.32. The van der Waals surface area contributed by atoms with Crippen molar-refractivity contribution >= 4 is 68.8 Å². The second-order valence-corrected chi connectivity index (χ2v) is 18.8. The van der Waals surface area contributed by atoms with Crippen LogP contribution in [0.15, 0.2) is 48.5 Å². The van der Waals surface area contributed by atoms with Crippen LogP contribution in [0.2, 0.25) is 0 Å². The molecule has 0 radical (unpaired) electrons. The van der Waals surface area contributed by atoms with Crippen molar-refractivity contribution < 1.29 is 38.2 Å². The van der Waals surface area contributed by atoms with Crippen LogP contribution in [0.3, 0.4) is 0 Å². The van der Waals surface area contributed by atoms with Gasteiger partial charge in [0.05, 0.1) is 0 Å². The molecule has 0 bridgehead atoms. The number of likely N-dealkylation sites (tertiary alicyclic amines) is 2. The van der Waals surface area contributed by atoms with Gasteiger partial charge in [0.1, 0.15) is 0 Å². The summed E-state index contributed by atoms with van der Waals surface area (Å²) in [4.78, 5) is 59.8. The Bertz CT molecular complexity index is 1880. The van der Waals surface area contributed by atoms with Gasteiger partial charge in [-0.1, -0.05) is 0 Å². The van der Waals surface area contributed by atoms with Crippen molar-refractivity contribution in [3.63, 3.8) is 0 Å². The Morgan fingerprint density at radius 1 is 0.698 bits per heavy atom. The summed E-state index contributed by atoms with van der Waals surface area (Å²) >= 11 is 1.85.